The van der Waals surface area contributed by atoms with Crippen molar-refractivity contribution in [2.75, 3.05) is 7.11 Å². The summed E-state index contributed by atoms with van der Waals surface area (Å²) in [6.45, 7) is 3.56. The maximum Gasteiger partial charge on any atom is 0.198 e. The van der Waals surface area contributed by atoms with Crippen LogP contribution in [0, 0.1) is 0 Å². The summed E-state index contributed by atoms with van der Waals surface area (Å²) in [7, 11) is 1.33. The molecule has 1 aromatic rings. The predicted octanol–water partition coefficient (Wildman–Crippen LogP) is 2.22. The second-order valence-corrected chi connectivity index (χ2v) is 6.30. The van der Waals surface area contributed by atoms with Crippen molar-refractivity contribution in [2.45, 2.75) is 44.5 Å². The zero-order valence-corrected chi connectivity index (χ0v) is 13.3. The van der Waals surface area contributed by atoms with Crippen molar-refractivity contribution >= 4 is 5.78 Å². The Labute approximate surface area is 134 Å². The van der Waals surface area contributed by atoms with Crippen molar-refractivity contribution in [3.8, 4) is 17.2 Å². The molecule has 1 aliphatic carbocycles. The Morgan fingerprint density at radius 2 is 2.09 bits per heavy atom. The van der Waals surface area contributed by atoms with Crippen molar-refractivity contribution in [3.05, 3.63) is 28.8 Å². The van der Waals surface area contributed by atoms with Gasteiger partial charge < -0.3 is 24.8 Å². The SMILES string of the molecule is COc1cc(O)c2c(c1O)[C@@H](O)/C(C)=C\CC[C@@]1(C)O[C@@H]1C2=O. The number of hydrogen-bond donors (Lipinski definition) is 3. The van der Waals surface area contributed by atoms with E-state index in [1.165, 1.54) is 13.2 Å². The number of Topliss-reactive ketones (excluding diaryl/α,β-unsaturated/α-hetero) is 1. The van der Waals surface area contributed by atoms with Gasteiger partial charge in [0.15, 0.2) is 17.3 Å². The summed E-state index contributed by atoms with van der Waals surface area (Å²) in [6.07, 6.45) is 1.25. The van der Waals surface area contributed by atoms with E-state index in [9.17, 15) is 20.1 Å². The molecule has 0 aromatic heterocycles. The van der Waals surface area contributed by atoms with Gasteiger partial charge in [-0.2, -0.15) is 0 Å². The van der Waals surface area contributed by atoms with E-state index in [4.69, 9.17) is 9.47 Å². The molecule has 0 amide bonds. The van der Waals surface area contributed by atoms with E-state index in [2.05, 4.69) is 0 Å². The molecule has 3 atom stereocenters. The number of aliphatic hydroxyl groups is 1. The fraction of sp³-hybridized carbons (Fsp3) is 0.471. The number of carbonyl (C=O) groups excluding carboxylic acids is 1. The number of benzene rings is 1. The Morgan fingerprint density at radius 1 is 1.39 bits per heavy atom. The van der Waals surface area contributed by atoms with Crippen LogP contribution in [0.25, 0.3) is 0 Å². The van der Waals surface area contributed by atoms with Gasteiger partial charge >= 0.3 is 0 Å². The third-order valence-electron chi connectivity index (χ3n) is 4.68. The van der Waals surface area contributed by atoms with Gasteiger partial charge in [0.2, 0.25) is 0 Å². The second kappa shape index (κ2) is 5.25. The molecule has 1 fully saturated rings. The number of epoxide rings is 1. The molecule has 0 radical (unpaired) electrons. The summed E-state index contributed by atoms with van der Waals surface area (Å²) in [5, 5.41) is 31.2. The van der Waals surface area contributed by atoms with Crippen molar-refractivity contribution in [1.82, 2.24) is 0 Å². The minimum absolute atomic E-state index is 0.00237. The molecular weight excluding hydrogens is 300 g/mol. The number of carbonyl (C=O) groups is 1. The third-order valence-corrected chi connectivity index (χ3v) is 4.68. The van der Waals surface area contributed by atoms with E-state index in [1.807, 2.05) is 13.0 Å². The fourth-order valence-corrected chi connectivity index (χ4v) is 3.15. The molecular formula is C17H20O6. The van der Waals surface area contributed by atoms with Crippen LogP contribution < -0.4 is 4.74 Å². The van der Waals surface area contributed by atoms with Gasteiger partial charge in [0.25, 0.3) is 0 Å². The average molecular weight is 320 g/mol. The van der Waals surface area contributed by atoms with Crippen LogP contribution in [0.4, 0.5) is 0 Å². The molecule has 6 heteroatoms. The van der Waals surface area contributed by atoms with Crippen LogP contribution in [0.3, 0.4) is 0 Å². The highest BCUT2D eigenvalue weighted by Gasteiger charge is 2.57. The molecule has 3 N–H and O–H groups in total. The summed E-state index contributed by atoms with van der Waals surface area (Å²) < 4.78 is 10.6. The minimum Gasteiger partial charge on any atom is -0.507 e. The zero-order chi connectivity index (χ0) is 16.9. The topological polar surface area (TPSA) is 99.5 Å². The van der Waals surface area contributed by atoms with E-state index in [1.54, 1.807) is 6.92 Å². The summed E-state index contributed by atoms with van der Waals surface area (Å²) in [5.41, 5.74) is -0.140. The van der Waals surface area contributed by atoms with Crippen LogP contribution >= 0.6 is 0 Å². The van der Waals surface area contributed by atoms with Gasteiger partial charge in [0, 0.05) is 11.6 Å². The summed E-state index contributed by atoms with van der Waals surface area (Å²) in [4.78, 5) is 12.8. The molecule has 0 unspecified atom stereocenters. The van der Waals surface area contributed by atoms with Gasteiger partial charge in [-0.1, -0.05) is 6.08 Å². The lowest BCUT2D eigenvalue weighted by Crippen LogP contribution is -2.21. The maximum atomic E-state index is 12.8. The number of hydrogen-bond acceptors (Lipinski definition) is 6. The number of methoxy groups -OCH3 is 1. The zero-order valence-electron chi connectivity index (χ0n) is 13.3. The smallest absolute Gasteiger partial charge is 0.198 e. The molecule has 23 heavy (non-hydrogen) atoms. The molecule has 0 saturated carbocycles. The Hall–Kier alpha value is -2.05. The Morgan fingerprint density at radius 3 is 2.74 bits per heavy atom. The molecule has 124 valence electrons. The number of phenols is 2. The van der Waals surface area contributed by atoms with Gasteiger partial charge in [0.05, 0.1) is 12.7 Å². The molecule has 3 rings (SSSR count). The molecule has 1 aromatic carbocycles. The van der Waals surface area contributed by atoms with E-state index < -0.39 is 23.6 Å². The first-order valence-electron chi connectivity index (χ1n) is 7.49. The largest absolute Gasteiger partial charge is 0.507 e. The number of ketones is 1. The Bertz CT molecular complexity index is 708. The Balaban J connectivity index is 2.25. The number of ether oxygens (including phenoxy) is 2. The fourth-order valence-electron chi connectivity index (χ4n) is 3.15. The van der Waals surface area contributed by atoms with Crippen LogP contribution in [0.2, 0.25) is 0 Å². The lowest BCUT2D eigenvalue weighted by Gasteiger charge is -2.21. The lowest BCUT2D eigenvalue weighted by atomic mass is 9.86. The summed E-state index contributed by atoms with van der Waals surface area (Å²) in [5.74, 6) is -1.13. The first-order valence-corrected chi connectivity index (χ1v) is 7.49. The number of rotatable bonds is 1. The van der Waals surface area contributed by atoms with Crippen molar-refractivity contribution < 1.29 is 29.6 Å². The van der Waals surface area contributed by atoms with E-state index >= 15 is 0 Å². The first kappa shape index (κ1) is 15.8. The van der Waals surface area contributed by atoms with E-state index in [0.29, 0.717) is 18.4 Å². The van der Waals surface area contributed by atoms with Crippen molar-refractivity contribution in [2.24, 2.45) is 0 Å². The van der Waals surface area contributed by atoms with Crippen molar-refractivity contribution in [1.29, 1.82) is 0 Å². The summed E-state index contributed by atoms with van der Waals surface area (Å²) in [6, 6.07) is 1.17. The number of phenolic OH excluding ortho intramolecular Hbond substituents is 2. The standard InChI is InChI=1S/C17H20O6/c1-8-5-4-6-17(2)16(23-17)15(21)11-9(18)7-10(22-3)14(20)12(11)13(8)19/h5,7,13,16,18-20H,4,6H2,1-3H3/b8-5-/t13-,16+,17+/m0/s1. The maximum absolute atomic E-state index is 12.8. The van der Waals surface area contributed by atoms with Gasteiger partial charge in [-0.25, -0.2) is 0 Å². The van der Waals surface area contributed by atoms with Crippen LogP contribution in [0.5, 0.6) is 17.2 Å². The van der Waals surface area contributed by atoms with E-state index in [0.717, 1.165) is 0 Å². The highest BCUT2D eigenvalue weighted by atomic mass is 16.6. The van der Waals surface area contributed by atoms with Gasteiger partial charge in [-0.3, -0.25) is 4.79 Å². The lowest BCUT2D eigenvalue weighted by molar-refractivity contribution is 0.0944. The summed E-state index contributed by atoms with van der Waals surface area (Å²) >= 11 is 0. The molecule has 0 spiro atoms. The Kier molecular flexibility index (Phi) is 3.61. The molecule has 1 aliphatic heterocycles. The number of fused-ring (bicyclic) bond motifs is 2. The van der Waals surface area contributed by atoms with Crippen LogP contribution in [0.1, 0.15) is 48.7 Å². The first-order chi connectivity index (χ1) is 10.8. The molecule has 1 heterocycles. The molecule has 2 aliphatic rings. The number of aliphatic hydroxyl groups excluding tert-OH is 1. The monoisotopic (exact) mass is 320 g/mol. The number of aromatic hydroxyl groups is 2. The van der Waals surface area contributed by atoms with Crippen LogP contribution in [-0.4, -0.2) is 39.9 Å². The average Bonchev–Trinajstić information content (AvgIpc) is 3.18. The quantitative estimate of drug-likeness (QED) is 0.417. The number of allylic oxidation sites excluding steroid dienone is 1. The third kappa shape index (κ3) is 2.38. The predicted molar refractivity (Wildman–Crippen MR) is 81.9 cm³/mol. The second-order valence-electron chi connectivity index (χ2n) is 6.30. The minimum atomic E-state index is -1.21. The normalized spacial score (nSPS) is 32.3. The molecule has 6 nitrogen and oxygen atoms in total. The van der Waals surface area contributed by atoms with Gasteiger partial charge in [-0.05, 0) is 32.3 Å². The molecule has 0 bridgehead atoms. The molecule has 1 saturated heterocycles. The van der Waals surface area contributed by atoms with Gasteiger partial charge in [0.1, 0.15) is 23.6 Å². The highest BCUT2D eigenvalue weighted by molar-refractivity contribution is 6.06. The highest BCUT2D eigenvalue weighted by Crippen LogP contribution is 2.49. The van der Waals surface area contributed by atoms with Gasteiger partial charge in [-0.15, -0.1) is 0 Å². The van der Waals surface area contributed by atoms with Crippen LogP contribution in [0.15, 0.2) is 17.7 Å². The van der Waals surface area contributed by atoms with Crippen LogP contribution in [-0.2, 0) is 4.74 Å². The van der Waals surface area contributed by atoms with E-state index in [-0.39, 0.29) is 28.4 Å². The van der Waals surface area contributed by atoms with Crippen molar-refractivity contribution in [3.63, 3.8) is 0 Å².